The van der Waals surface area contributed by atoms with E-state index in [1.807, 2.05) is 13.0 Å². The summed E-state index contributed by atoms with van der Waals surface area (Å²) in [5.41, 5.74) is 0.960. The monoisotopic (exact) mass is 571 g/mol. The van der Waals surface area contributed by atoms with Gasteiger partial charge in [0.2, 0.25) is 10.0 Å². The molecule has 0 aromatic carbocycles. The van der Waals surface area contributed by atoms with Crippen LogP contribution in [0.25, 0.3) is 0 Å². The van der Waals surface area contributed by atoms with E-state index >= 15 is 0 Å². The number of hydrogen-bond donors (Lipinski definition) is 3. The maximum atomic E-state index is 12.2. The molecule has 1 fully saturated rings. The molecule has 0 spiro atoms. The van der Waals surface area contributed by atoms with Crippen molar-refractivity contribution in [1.29, 1.82) is 0 Å². The molecule has 2 rings (SSSR count). The van der Waals surface area contributed by atoms with E-state index in [2.05, 4.69) is 39.4 Å². The van der Waals surface area contributed by atoms with E-state index in [0.717, 1.165) is 37.8 Å². The van der Waals surface area contributed by atoms with Crippen LogP contribution in [0.15, 0.2) is 15.6 Å². The molecular weight excluding hydrogens is 533 g/mol. The van der Waals surface area contributed by atoms with Crippen LogP contribution in [0.4, 0.5) is 0 Å². The van der Waals surface area contributed by atoms with E-state index in [1.165, 1.54) is 0 Å². The van der Waals surface area contributed by atoms with Crippen LogP contribution in [0.5, 0.6) is 0 Å². The van der Waals surface area contributed by atoms with E-state index in [4.69, 9.17) is 9.26 Å². The molecule has 9 nitrogen and oxygen atoms in total. The van der Waals surface area contributed by atoms with Crippen LogP contribution in [0.3, 0.4) is 0 Å². The van der Waals surface area contributed by atoms with Gasteiger partial charge in [0.05, 0.1) is 17.6 Å². The minimum atomic E-state index is -3.37. The second kappa shape index (κ2) is 15.0. The van der Waals surface area contributed by atoms with E-state index in [-0.39, 0.29) is 42.4 Å². The lowest BCUT2D eigenvalue weighted by molar-refractivity contribution is 0.0200. The first-order valence-electron chi connectivity index (χ1n) is 11.0. The molecule has 1 unspecified atom stereocenters. The summed E-state index contributed by atoms with van der Waals surface area (Å²) in [7, 11) is -3.37. The summed E-state index contributed by atoms with van der Waals surface area (Å²) in [5.74, 6) is 1.60. The minimum absolute atomic E-state index is 0. The van der Waals surface area contributed by atoms with Gasteiger partial charge in [-0.1, -0.05) is 19.0 Å². The number of nitrogens with one attached hydrogen (secondary N) is 3. The Bertz CT molecular complexity index is 747. The lowest BCUT2D eigenvalue weighted by atomic mass is 9.99. The van der Waals surface area contributed by atoms with Gasteiger partial charge in [0.15, 0.2) is 11.7 Å². The van der Waals surface area contributed by atoms with E-state index in [1.54, 1.807) is 0 Å². The molecule has 1 atom stereocenters. The summed E-state index contributed by atoms with van der Waals surface area (Å²) in [6.07, 6.45) is 5.05. The minimum Gasteiger partial charge on any atom is -0.377 e. The normalized spacial score (nSPS) is 17.4. The molecule has 2 heterocycles. The molecule has 3 N–H and O–H groups in total. The second-order valence-corrected chi connectivity index (χ2v) is 9.44. The molecular formula is C20H38IN5O4S. The Kier molecular flexibility index (Phi) is 13.6. The molecule has 1 aliphatic heterocycles. The van der Waals surface area contributed by atoms with Gasteiger partial charge < -0.3 is 19.9 Å². The summed E-state index contributed by atoms with van der Waals surface area (Å²) >= 11 is 0. The van der Waals surface area contributed by atoms with Crippen molar-refractivity contribution in [2.24, 2.45) is 4.99 Å². The Morgan fingerprint density at radius 1 is 1.26 bits per heavy atom. The van der Waals surface area contributed by atoms with Crippen LogP contribution in [-0.4, -0.2) is 57.6 Å². The number of nitrogens with zero attached hydrogens (tertiary/aromatic N) is 2. The predicted octanol–water partition coefficient (Wildman–Crippen LogP) is 2.74. The predicted molar refractivity (Wildman–Crippen MR) is 133 cm³/mol. The fourth-order valence-corrected chi connectivity index (χ4v) is 4.32. The van der Waals surface area contributed by atoms with Gasteiger partial charge in [-0.05, 0) is 39.0 Å². The molecule has 1 aromatic heterocycles. The number of halogens is 1. The highest BCUT2D eigenvalue weighted by Gasteiger charge is 2.18. The zero-order valence-electron chi connectivity index (χ0n) is 18.9. The Morgan fingerprint density at radius 2 is 2.03 bits per heavy atom. The second-order valence-electron chi connectivity index (χ2n) is 7.51. The van der Waals surface area contributed by atoms with Crippen molar-refractivity contribution in [3.63, 3.8) is 0 Å². The lowest BCUT2D eigenvalue weighted by Gasteiger charge is -2.22. The van der Waals surface area contributed by atoms with Crippen LogP contribution >= 0.6 is 24.0 Å². The van der Waals surface area contributed by atoms with E-state index in [9.17, 15) is 8.42 Å². The molecule has 0 aliphatic carbocycles. The molecule has 1 aliphatic rings. The van der Waals surface area contributed by atoms with Crippen LogP contribution in [0, 0.1) is 0 Å². The fraction of sp³-hybridized carbons (Fsp3) is 0.800. The maximum absolute atomic E-state index is 12.2. The summed E-state index contributed by atoms with van der Waals surface area (Å²) in [5, 5.41) is 10.3. The van der Waals surface area contributed by atoms with Crippen molar-refractivity contribution in [3.05, 3.63) is 17.5 Å². The first-order valence-corrected chi connectivity index (χ1v) is 12.7. The van der Waals surface area contributed by atoms with Gasteiger partial charge in [-0.3, -0.25) is 0 Å². The maximum Gasteiger partial charge on any atom is 0.213 e. The van der Waals surface area contributed by atoms with Gasteiger partial charge >= 0.3 is 0 Å². The molecule has 1 aromatic rings. The van der Waals surface area contributed by atoms with E-state index in [0.29, 0.717) is 43.9 Å². The van der Waals surface area contributed by atoms with Gasteiger partial charge in [-0.2, -0.15) is 0 Å². The highest BCUT2D eigenvalue weighted by molar-refractivity contribution is 14.0. The topological polar surface area (TPSA) is 118 Å². The number of hydrogen-bond acceptors (Lipinski definition) is 6. The number of rotatable bonds is 12. The van der Waals surface area contributed by atoms with Crippen molar-refractivity contribution in [2.75, 3.05) is 32.0 Å². The third kappa shape index (κ3) is 10.5. The van der Waals surface area contributed by atoms with Gasteiger partial charge in [0, 0.05) is 38.2 Å². The summed E-state index contributed by atoms with van der Waals surface area (Å²) < 4.78 is 38.1. The number of guanidine groups is 1. The summed E-state index contributed by atoms with van der Waals surface area (Å²) in [4.78, 5) is 4.47. The van der Waals surface area contributed by atoms with Gasteiger partial charge in [-0.25, -0.2) is 18.1 Å². The molecule has 0 bridgehead atoms. The molecule has 0 radical (unpaired) electrons. The van der Waals surface area contributed by atoms with Gasteiger partial charge in [0.1, 0.15) is 6.54 Å². The molecule has 31 heavy (non-hydrogen) atoms. The SMILES string of the molecule is CCNC(=NCc1cc(C(CC)CC)no1)NCCS(=O)(=O)NCC1CCCCO1.I. The average Bonchev–Trinajstić information content (AvgIpc) is 3.21. The summed E-state index contributed by atoms with van der Waals surface area (Å²) in [6, 6.07) is 1.95. The molecule has 0 saturated carbocycles. The van der Waals surface area contributed by atoms with Gasteiger partial charge in [-0.15, -0.1) is 24.0 Å². The number of aliphatic imine (C=N–C) groups is 1. The van der Waals surface area contributed by atoms with Crippen molar-refractivity contribution in [2.45, 2.75) is 71.4 Å². The van der Waals surface area contributed by atoms with Crippen molar-refractivity contribution >= 4 is 40.0 Å². The molecule has 180 valence electrons. The molecule has 0 amide bonds. The first kappa shape index (κ1) is 28.1. The third-order valence-electron chi connectivity index (χ3n) is 5.19. The van der Waals surface area contributed by atoms with Crippen LogP contribution in [0.2, 0.25) is 0 Å². The zero-order chi connectivity index (χ0) is 21.8. The highest BCUT2D eigenvalue weighted by atomic mass is 127. The van der Waals surface area contributed by atoms with Crippen LogP contribution < -0.4 is 15.4 Å². The number of aromatic nitrogens is 1. The highest BCUT2D eigenvalue weighted by Crippen LogP contribution is 2.22. The van der Waals surface area contributed by atoms with Crippen LogP contribution in [0.1, 0.15) is 70.2 Å². The lowest BCUT2D eigenvalue weighted by Crippen LogP contribution is -2.42. The average molecular weight is 572 g/mol. The van der Waals surface area contributed by atoms with E-state index < -0.39 is 10.0 Å². The Balaban J connectivity index is 0.00000480. The van der Waals surface area contributed by atoms with Gasteiger partial charge in [0.25, 0.3) is 0 Å². The van der Waals surface area contributed by atoms with Crippen LogP contribution in [-0.2, 0) is 21.3 Å². The Labute approximate surface area is 203 Å². The quantitative estimate of drug-likeness (QED) is 0.201. The zero-order valence-corrected chi connectivity index (χ0v) is 22.0. The first-order chi connectivity index (χ1) is 14.5. The Hall–Kier alpha value is -0.920. The Morgan fingerprint density at radius 3 is 2.68 bits per heavy atom. The van der Waals surface area contributed by atoms with Crippen molar-refractivity contribution in [1.82, 2.24) is 20.5 Å². The fourth-order valence-electron chi connectivity index (χ4n) is 3.37. The van der Waals surface area contributed by atoms with Crippen molar-refractivity contribution < 1.29 is 17.7 Å². The number of sulfonamides is 1. The smallest absolute Gasteiger partial charge is 0.213 e. The number of ether oxygens (including phenoxy) is 1. The molecule has 1 saturated heterocycles. The summed E-state index contributed by atoms with van der Waals surface area (Å²) in [6.45, 7) is 8.54. The standard InChI is InChI=1S/C20H37N5O4S.HI/c1-4-16(5-2)19-13-18(29-25-19)14-23-20(21-6-3)22-10-12-30(26,27)24-15-17-9-7-8-11-28-17;/h13,16-17,24H,4-12,14-15H2,1-3H3,(H2,21,22,23);1H. The largest absolute Gasteiger partial charge is 0.377 e. The van der Waals surface area contributed by atoms with Crippen molar-refractivity contribution in [3.8, 4) is 0 Å². The third-order valence-corrected chi connectivity index (χ3v) is 6.53. The molecule has 11 heteroatoms.